The molecule has 0 radical (unpaired) electrons. The largest absolute Gasteiger partial charge is 0.462 e. The molecule has 0 aliphatic heterocycles. The van der Waals surface area contributed by atoms with Crippen LogP contribution in [0.3, 0.4) is 0 Å². The highest BCUT2D eigenvalue weighted by atomic mass is 16.6. The van der Waals surface area contributed by atoms with Crippen LogP contribution in [-0.4, -0.2) is 37.2 Å². The number of esters is 3. The van der Waals surface area contributed by atoms with Gasteiger partial charge in [0.2, 0.25) is 0 Å². The standard InChI is InChI=1S/C61H104O6/c1-4-7-10-13-16-19-22-25-27-29-30-32-33-36-39-42-45-48-51-54-60(63)66-57-58(56-65-59(62)53-50-47-44-41-38-35-24-21-18-15-12-9-6-3)67-61(64)55-52-49-46-43-40-37-34-31-28-26-23-20-17-14-11-8-5-2/h8-9,11-12,17-18,20-21,26,28,34-35,37-38,58H,4-7,10,13-16,19,22-25,27,29-33,36,39-57H2,1-3H3/b11-8-,12-9-,20-17-,21-18-,28-26-,37-34-,38-35-. The van der Waals surface area contributed by atoms with Crippen molar-refractivity contribution in [1.82, 2.24) is 0 Å². The van der Waals surface area contributed by atoms with E-state index in [9.17, 15) is 14.4 Å². The van der Waals surface area contributed by atoms with Crippen molar-refractivity contribution in [3.8, 4) is 0 Å². The van der Waals surface area contributed by atoms with Crippen LogP contribution < -0.4 is 0 Å². The molecular formula is C61H104O6. The molecule has 0 spiro atoms. The van der Waals surface area contributed by atoms with Gasteiger partial charge in [0.05, 0.1) is 0 Å². The van der Waals surface area contributed by atoms with Gasteiger partial charge >= 0.3 is 17.9 Å². The monoisotopic (exact) mass is 933 g/mol. The molecule has 6 heteroatoms. The number of rotatable bonds is 50. The first-order valence-electron chi connectivity index (χ1n) is 28.1. The molecule has 0 fully saturated rings. The molecule has 1 unspecified atom stereocenters. The number of allylic oxidation sites excluding steroid dienone is 14. The molecule has 67 heavy (non-hydrogen) atoms. The SMILES string of the molecule is CC/C=C\C/C=C\C/C=C\C/C=C\CCCCCCC(=O)OC(COC(=O)CCCCC/C=C\C/C=C\C/C=C\CC)COC(=O)CCCCCCCCCCCCCCCCCCCCC. The van der Waals surface area contributed by atoms with Gasteiger partial charge in [0.15, 0.2) is 6.10 Å². The van der Waals surface area contributed by atoms with Crippen molar-refractivity contribution in [3.05, 3.63) is 85.1 Å². The zero-order chi connectivity index (χ0) is 48.6. The second-order valence-corrected chi connectivity index (χ2v) is 18.4. The summed E-state index contributed by atoms with van der Waals surface area (Å²) in [6.07, 6.45) is 71.5. The number of unbranched alkanes of at least 4 members (excludes halogenated alkanes) is 25. The average molecular weight is 933 g/mol. The van der Waals surface area contributed by atoms with E-state index in [4.69, 9.17) is 14.2 Å². The minimum Gasteiger partial charge on any atom is -0.462 e. The molecular weight excluding hydrogens is 829 g/mol. The summed E-state index contributed by atoms with van der Waals surface area (Å²) in [4.78, 5) is 38.1. The molecule has 0 aliphatic carbocycles. The van der Waals surface area contributed by atoms with Crippen molar-refractivity contribution in [2.75, 3.05) is 13.2 Å². The lowest BCUT2D eigenvalue weighted by atomic mass is 10.0. The van der Waals surface area contributed by atoms with Crippen LogP contribution in [-0.2, 0) is 28.6 Å². The number of carbonyl (C=O) groups is 3. The summed E-state index contributed by atoms with van der Waals surface area (Å²) in [6.45, 7) is 6.38. The molecule has 0 rings (SSSR count). The molecule has 0 aromatic heterocycles. The van der Waals surface area contributed by atoms with Gasteiger partial charge < -0.3 is 14.2 Å². The Morgan fingerprint density at radius 3 is 0.925 bits per heavy atom. The predicted octanol–water partition coefficient (Wildman–Crippen LogP) is 18.8. The van der Waals surface area contributed by atoms with Crippen LogP contribution in [0.1, 0.15) is 265 Å². The van der Waals surface area contributed by atoms with Crippen LogP contribution in [0.4, 0.5) is 0 Å². The van der Waals surface area contributed by atoms with Gasteiger partial charge in [0.1, 0.15) is 13.2 Å². The van der Waals surface area contributed by atoms with E-state index < -0.39 is 6.10 Å². The molecule has 0 bridgehead atoms. The van der Waals surface area contributed by atoms with Crippen LogP contribution in [0.25, 0.3) is 0 Å². The maximum Gasteiger partial charge on any atom is 0.306 e. The van der Waals surface area contributed by atoms with Crippen molar-refractivity contribution in [2.45, 2.75) is 271 Å². The summed E-state index contributed by atoms with van der Waals surface area (Å²) in [5.74, 6) is -0.943. The van der Waals surface area contributed by atoms with Gasteiger partial charge in [-0.3, -0.25) is 14.4 Å². The van der Waals surface area contributed by atoms with E-state index in [0.29, 0.717) is 19.3 Å². The third kappa shape index (κ3) is 53.4. The fourth-order valence-corrected chi connectivity index (χ4v) is 7.74. The van der Waals surface area contributed by atoms with E-state index >= 15 is 0 Å². The van der Waals surface area contributed by atoms with Gasteiger partial charge in [0, 0.05) is 19.3 Å². The summed E-state index contributed by atoms with van der Waals surface area (Å²) in [5, 5.41) is 0. The Kier molecular flexibility index (Phi) is 52.4. The molecule has 0 saturated carbocycles. The van der Waals surface area contributed by atoms with Gasteiger partial charge in [-0.05, 0) is 89.9 Å². The van der Waals surface area contributed by atoms with Crippen molar-refractivity contribution in [1.29, 1.82) is 0 Å². The zero-order valence-electron chi connectivity index (χ0n) is 43.9. The van der Waals surface area contributed by atoms with E-state index in [2.05, 4.69) is 106 Å². The normalized spacial score (nSPS) is 12.7. The van der Waals surface area contributed by atoms with E-state index in [0.717, 1.165) is 122 Å². The fraction of sp³-hybridized carbons (Fsp3) is 0.721. The Labute approximate surface area is 414 Å². The Morgan fingerprint density at radius 2 is 0.582 bits per heavy atom. The predicted molar refractivity (Wildman–Crippen MR) is 288 cm³/mol. The average Bonchev–Trinajstić information content (AvgIpc) is 3.33. The Hall–Kier alpha value is -3.41. The molecule has 6 nitrogen and oxygen atoms in total. The second kappa shape index (κ2) is 55.2. The van der Waals surface area contributed by atoms with Gasteiger partial charge in [-0.25, -0.2) is 0 Å². The fourth-order valence-electron chi connectivity index (χ4n) is 7.74. The summed E-state index contributed by atoms with van der Waals surface area (Å²) < 4.78 is 16.8. The lowest BCUT2D eigenvalue weighted by Gasteiger charge is -2.18. The molecule has 384 valence electrons. The number of carbonyl (C=O) groups excluding carboxylic acids is 3. The van der Waals surface area contributed by atoms with Crippen LogP contribution in [0.2, 0.25) is 0 Å². The molecule has 0 amide bonds. The Balaban J connectivity index is 4.41. The number of hydrogen-bond acceptors (Lipinski definition) is 6. The summed E-state index contributed by atoms with van der Waals surface area (Å²) >= 11 is 0. The maximum atomic E-state index is 12.8. The Bertz CT molecular complexity index is 1300. The first-order valence-corrected chi connectivity index (χ1v) is 28.1. The van der Waals surface area contributed by atoms with Gasteiger partial charge in [-0.2, -0.15) is 0 Å². The molecule has 1 atom stereocenters. The van der Waals surface area contributed by atoms with Crippen LogP contribution in [0.15, 0.2) is 85.1 Å². The molecule has 0 aromatic rings. The topological polar surface area (TPSA) is 78.9 Å². The lowest BCUT2D eigenvalue weighted by molar-refractivity contribution is -0.167. The lowest BCUT2D eigenvalue weighted by Crippen LogP contribution is -2.30. The Morgan fingerprint density at radius 1 is 0.313 bits per heavy atom. The molecule has 0 aliphatic rings. The van der Waals surface area contributed by atoms with Crippen molar-refractivity contribution in [2.24, 2.45) is 0 Å². The first-order chi connectivity index (χ1) is 33.0. The van der Waals surface area contributed by atoms with Crippen molar-refractivity contribution in [3.63, 3.8) is 0 Å². The minimum atomic E-state index is -0.800. The van der Waals surface area contributed by atoms with E-state index in [1.54, 1.807) is 0 Å². The molecule has 0 heterocycles. The van der Waals surface area contributed by atoms with Crippen molar-refractivity contribution >= 4 is 17.9 Å². The highest BCUT2D eigenvalue weighted by Crippen LogP contribution is 2.16. The van der Waals surface area contributed by atoms with Gasteiger partial charge in [-0.15, -0.1) is 0 Å². The quantitative estimate of drug-likeness (QED) is 0.0262. The summed E-state index contributed by atoms with van der Waals surface area (Å²) in [7, 11) is 0. The first kappa shape index (κ1) is 63.6. The third-order valence-electron chi connectivity index (χ3n) is 11.9. The minimum absolute atomic E-state index is 0.0944. The molecule has 0 saturated heterocycles. The highest BCUT2D eigenvalue weighted by molar-refractivity contribution is 5.71. The maximum absolute atomic E-state index is 12.8. The van der Waals surface area contributed by atoms with Crippen LogP contribution in [0, 0.1) is 0 Å². The second-order valence-electron chi connectivity index (χ2n) is 18.4. The van der Waals surface area contributed by atoms with Gasteiger partial charge in [0.25, 0.3) is 0 Å². The van der Waals surface area contributed by atoms with E-state index in [-0.39, 0.29) is 31.1 Å². The molecule has 0 N–H and O–H groups in total. The third-order valence-corrected chi connectivity index (χ3v) is 11.9. The van der Waals surface area contributed by atoms with Crippen molar-refractivity contribution < 1.29 is 28.6 Å². The highest BCUT2D eigenvalue weighted by Gasteiger charge is 2.19. The number of hydrogen-bond donors (Lipinski definition) is 0. The van der Waals surface area contributed by atoms with Crippen LogP contribution in [0.5, 0.6) is 0 Å². The van der Waals surface area contributed by atoms with Gasteiger partial charge in [-0.1, -0.05) is 241 Å². The summed E-state index contributed by atoms with van der Waals surface area (Å²) in [5.41, 5.74) is 0. The summed E-state index contributed by atoms with van der Waals surface area (Å²) in [6, 6.07) is 0. The smallest absolute Gasteiger partial charge is 0.306 e. The van der Waals surface area contributed by atoms with Crippen LogP contribution >= 0.6 is 0 Å². The van der Waals surface area contributed by atoms with E-state index in [1.807, 2.05) is 0 Å². The molecule has 0 aromatic carbocycles. The number of ether oxygens (including phenoxy) is 3. The van der Waals surface area contributed by atoms with E-state index in [1.165, 1.54) is 103 Å². The zero-order valence-corrected chi connectivity index (χ0v) is 43.9.